The fourth-order valence-electron chi connectivity index (χ4n) is 4.46. The third kappa shape index (κ3) is 5.19. The minimum atomic E-state index is -0.697. The Labute approximate surface area is 211 Å². The maximum atomic E-state index is 13.2. The van der Waals surface area contributed by atoms with E-state index in [4.69, 9.17) is 9.47 Å². The largest absolute Gasteiger partial charge is 0.507 e. The first-order valence-electron chi connectivity index (χ1n) is 12.1. The third-order valence-corrected chi connectivity index (χ3v) is 6.48. The molecule has 3 aromatic carbocycles. The van der Waals surface area contributed by atoms with Crippen LogP contribution in [0.25, 0.3) is 5.76 Å². The van der Waals surface area contributed by atoms with E-state index >= 15 is 0 Å². The molecule has 6 heteroatoms. The lowest BCUT2D eigenvalue weighted by Crippen LogP contribution is -2.32. The van der Waals surface area contributed by atoms with Gasteiger partial charge >= 0.3 is 0 Å². The molecule has 1 fully saturated rings. The molecule has 1 amide bonds. The summed E-state index contributed by atoms with van der Waals surface area (Å²) in [5, 5.41) is 11.4. The third-order valence-electron chi connectivity index (χ3n) is 6.48. The molecule has 0 radical (unpaired) electrons. The van der Waals surface area contributed by atoms with Gasteiger partial charge in [0.2, 0.25) is 0 Å². The molecule has 3 aromatic rings. The summed E-state index contributed by atoms with van der Waals surface area (Å²) in [6.07, 6.45) is 0.877. The van der Waals surface area contributed by atoms with Gasteiger partial charge in [0.1, 0.15) is 18.1 Å². The molecule has 0 aromatic heterocycles. The number of ketones is 1. The number of hydrogen-bond acceptors (Lipinski definition) is 5. The van der Waals surface area contributed by atoms with Gasteiger partial charge in [-0.25, -0.2) is 0 Å². The number of carbonyl (C=O) groups is 2. The number of likely N-dealkylation sites (tertiary alicyclic amines) is 1. The normalized spacial score (nSPS) is 17.0. The number of carbonyl (C=O) groups excluding carboxylic acids is 2. The molecule has 0 saturated carbocycles. The van der Waals surface area contributed by atoms with Crippen molar-refractivity contribution in [1.29, 1.82) is 0 Å². The summed E-state index contributed by atoms with van der Waals surface area (Å²) in [6, 6.07) is 22.3. The number of aliphatic hydroxyl groups is 1. The van der Waals surface area contributed by atoms with Crippen LogP contribution < -0.4 is 4.74 Å². The molecular formula is C30H31NO5. The van der Waals surface area contributed by atoms with Crippen LogP contribution in [0.4, 0.5) is 0 Å². The summed E-state index contributed by atoms with van der Waals surface area (Å²) < 4.78 is 11.1. The molecule has 0 aliphatic carbocycles. The standard InChI is InChI=1S/C30H31NO5/c1-4-21-10-12-23(13-11-21)27-26(29(33)30(34)31(27)16-17-35-3)28(32)25-15-14-24(18-20(25)2)36-19-22-8-6-5-7-9-22/h5-15,18,27,32H,4,16-17,19H2,1-3H3/t27-/m0/s1. The van der Waals surface area contributed by atoms with E-state index in [1.807, 2.05) is 67.6 Å². The number of nitrogens with zero attached hydrogens (tertiary/aromatic N) is 1. The fourth-order valence-corrected chi connectivity index (χ4v) is 4.46. The second-order valence-corrected chi connectivity index (χ2v) is 8.83. The van der Waals surface area contributed by atoms with Crippen molar-refractivity contribution in [3.8, 4) is 5.75 Å². The van der Waals surface area contributed by atoms with Gasteiger partial charge in [-0.05, 0) is 53.8 Å². The van der Waals surface area contributed by atoms with Gasteiger partial charge in [-0.3, -0.25) is 9.59 Å². The Bertz CT molecular complexity index is 1260. The van der Waals surface area contributed by atoms with Crippen molar-refractivity contribution in [2.45, 2.75) is 32.9 Å². The van der Waals surface area contributed by atoms with E-state index in [2.05, 4.69) is 6.92 Å². The van der Waals surface area contributed by atoms with Crippen molar-refractivity contribution >= 4 is 17.4 Å². The number of amides is 1. The van der Waals surface area contributed by atoms with E-state index in [0.29, 0.717) is 17.9 Å². The zero-order chi connectivity index (χ0) is 25.7. The SMILES string of the molecule is CCc1ccc([C@H]2C(=C(O)c3ccc(OCc4ccccc4)cc3C)C(=O)C(=O)N2CCOC)cc1. The van der Waals surface area contributed by atoms with E-state index < -0.39 is 17.7 Å². The zero-order valence-electron chi connectivity index (χ0n) is 20.9. The molecule has 0 bridgehead atoms. The number of rotatable bonds is 9. The van der Waals surface area contributed by atoms with Crippen molar-refractivity contribution in [3.63, 3.8) is 0 Å². The second-order valence-electron chi connectivity index (χ2n) is 8.83. The minimum Gasteiger partial charge on any atom is -0.507 e. The summed E-state index contributed by atoms with van der Waals surface area (Å²) in [6.45, 7) is 4.85. The van der Waals surface area contributed by atoms with E-state index in [0.717, 1.165) is 28.7 Å². The summed E-state index contributed by atoms with van der Waals surface area (Å²) in [5.41, 5.74) is 4.27. The lowest BCUT2D eigenvalue weighted by Gasteiger charge is -2.25. The van der Waals surface area contributed by atoms with Gasteiger partial charge in [-0.2, -0.15) is 0 Å². The Morgan fingerprint density at radius 1 is 0.972 bits per heavy atom. The monoisotopic (exact) mass is 485 g/mol. The molecule has 36 heavy (non-hydrogen) atoms. The van der Waals surface area contributed by atoms with E-state index in [-0.39, 0.29) is 24.5 Å². The number of hydrogen-bond donors (Lipinski definition) is 1. The van der Waals surface area contributed by atoms with E-state index in [1.165, 1.54) is 4.90 Å². The van der Waals surface area contributed by atoms with Crippen LogP contribution in [0.15, 0.2) is 78.4 Å². The summed E-state index contributed by atoms with van der Waals surface area (Å²) >= 11 is 0. The highest BCUT2D eigenvalue weighted by atomic mass is 16.5. The number of aryl methyl sites for hydroxylation is 2. The maximum Gasteiger partial charge on any atom is 0.295 e. The predicted molar refractivity (Wildman–Crippen MR) is 139 cm³/mol. The first kappa shape index (κ1) is 25.2. The lowest BCUT2D eigenvalue weighted by atomic mass is 9.93. The van der Waals surface area contributed by atoms with Crippen LogP contribution in [0, 0.1) is 6.92 Å². The number of aliphatic hydroxyl groups excluding tert-OH is 1. The van der Waals surface area contributed by atoms with Crippen LogP contribution in [0.2, 0.25) is 0 Å². The first-order valence-corrected chi connectivity index (χ1v) is 12.1. The summed E-state index contributed by atoms with van der Waals surface area (Å²) in [4.78, 5) is 27.6. The van der Waals surface area contributed by atoms with Crippen molar-refractivity contribution < 1.29 is 24.2 Å². The molecule has 0 unspecified atom stereocenters. The molecule has 1 aliphatic heterocycles. The van der Waals surface area contributed by atoms with Crippen molar-refractivity contribution in [2.24, 2.45) is 0 Å². The minimum absolute atomic E-state index is 0.0846. The highest BCUT2D eigenvalue weighted by molar-refractivity contribution is 6.46. The molecular weight excluding hydrogens is 454 g/mol. The average Bonchev–Trinajstić information content (AvgIpc) is 3.16. The molecule has 186 valence electrons. The maximum absolute atomic E-state index is 13.2. The lowest BCUT2D eigenvalue weighted by molar-refractivity contribution is -0.140. The highest BCUT2D eigenvalue weighted by Gasteiger charge is 2.46. The van der Waals surface area contributed by atoms with Crippen LogP contribution in [-0.2, 0) is 27.4 Å². The number of methoxy groups -OCH3 is 1. The summed E-state index contributed by atoms with van der Waals surface area (Å²) in [7, 11) is 1.55. The first-order chi connectivity index (χ1) is 17.4. The molecule has 1 atom stereocenters. The average molecular weight is 486 g/mol. The molecule has 1 heterocycles. The van der Waals surface area contributed by atoms with Crippen molar-refractivity contribution in [1.82, 2.24) is 4.90 Å². The van der Waals surface area contributed by atoms with Gasteiger partial charge in [0, 0.05) is 19.2 Å². The Morgan fingerprint density at radius 2 is 1.69 bits per heavy atom. The van der Waals surface area contributed by atoms with E-state index in [1.54, 1.807) is 19.2 Å². The predicted octanol–water partition coefficient (Wildman–Crippen LogP) is 5.20. The Morgan fingerprint density at radius 3 is 2.33 bits per heavy atom. The van der Waals surface area contributed by atoms with Gasteiger partial charge in [0.15, 0.2) is 0 Å². The number of ether oxygens (including phenoxy) is 2. The summed E-state index contributed by atoms with van der Waals surface area (Å²) in [5.74, 6) is -0.874. The smallest absolute Gasteiger partial charge is 0.295 e. The van der Waals surface area contributed by atoms with Crippen LogP contribution in [0.5, 0.6) is 5.75 Å². The van der Waals surface area contributed by atoms with Gasteiger partial charge in [0.05, 0.1) is 18.2 Å². The van der Waals surface area contributed by atoms with Gasteiger partial charge < -0.3 is 19.5 Å². The molecule has 0 spiro atoms. The van der Waals surface area contributed by atoms with Gasteiger partial charge in [-0.15, -0.1) is 0 Å². The highest BCUT2D eigenvalue weighted by Crippen LogP contribution is 2.40. The zero-order valence-corrected chi connectivity index (χ0v) is 20.9. The van der Waals surface area contributed by atoms with E-state index in [9.17, 15) is 14.7 Å². The Balaban J connectivity index is 1.70. The van der Waals surface area contributed by atoms with Crippen molar-refractivity contribution in [2.75, 3.05) is 20.3 Å². The van der Waals surface area contributed by atoms with Crippen LogP contribution >= 0.6 is 0 Å². The van der Waals surface area contributed by atoms with Gasteiger partial charge in [-0.1, -0.05) is 61.5 Å². The van der Waals surface area contributed by atoms with Gasteiger partial charge in [0.25, 0.3) is 11.7 Å². The Kier molecular flexibility index (Phi) is 7.86. The molecule has 6 nitrogen and oxygen atoms in total. The molecule has 1 aliphatic rings. The Hall–Kier alpha value is -3.90. The molecule has 4 rings (SSSR count). The van der Waals surface area contributed by atoms with Crippen molar-refractivity contribution in [3.05, 3.63) is 106 Å². The second kappa shape index (κ2) is 11.2. The topological polar surface area (TPSA) is 76.1 Å². The molecule has 1 saturated heterocycles. The quantitative estimate of drug-likeness (QED) is 0.256. The van der Waals surface area contributed by atoms with Crippen LogP contribution in [-0.4, -0.2) is 42.0 Å². The van der Waals surface area contributed by atoms with Crippen LogP contribution in [0.3, 0.4) is 0 Å². The number of benzene rings is 3. The number of Topliss-reactive ketones (excluding diaryl/α,β-unsaturated/α-hetero) is 1. The fraction of sp³-hybridized carbons (Fsp3) is 0.267. The molecule has 1 N–H and O–H groups in total. The van der Waals surface area contributed by atoms with Crippen LogP contribution in [0.1, 0.15) is 40.8 Å².